The van der Waals surface area contributed by atoms with Crippen LogP contribution in [0.4, 0.5) is 5.69 Å². The second-order valence-corrected chi connectivity index (χ2v) is 5.79. The maximum Gasteiger partial charge on any atom is 0.329 e. The maximum atomic E-state index is 12.0. The summed E-state index contributed by atoms with van der Waals surface area (Å²) in [6.07, 6.45) is 0. The number of non-ortho nitro benzene ring substituents is 1. The molecule has 0 aliphatic rings. The molecule has 1 aromatic carbocycles. The van der Waals surface area contributed by atoms with Gasteiger partial charge >= 0.3 is 5.97 Å². The molecule has 116 valence electrons. The molecule has 0 atom stereocenters. The summed E-state index contributed by atoms with van der Waals surface area (Å²) in [4.78, 5) is 20.0. The van der Waals surface area contributed by atoms with Crippen LogP contribution in [-0.4, -0.2) is 44.2 Å². The van der Waals surface area contributed by atoms with E-state index >= 15 is 0 Å². The molecule has 0 aliphatic carbocycles. The van der Waals surface area contributed by atoms with Gasteiger partial charge in [0.05, 0.1) is 16.4 Å². The van der Waals surface area contributed by atoms with Gasteiger partial charge in [-0.05, 0) is 12.5 Å². The second kappa shape index (κ2) is 7.11. The van der Waals surface area contributed by atoms with E-state index in [4.69, 9.17) is 5.11 Å². The summed E-state index contributed by atoms with van der Waals surface area (Å²) in [6, 6.07) is 3.52. The van der Waals surface area contributed by atoms with Crippen LogP contribution < -0.4 is 4.72 Å². The van der Waals surface area contributed by atoms with E-state index in [0.717, 1.165) is 6.07 Å². The number of carboxylic acids is 1. The lowest BCUT2D eigenvalue weighted by atomic mass is 10.2. The van der Waals surface area contributed by atoms with E-state index in [1.165, 1.54) is 19.1 Å². The number of nitro groups is 1. The average molecular weight is 318 g/mol. The Balaban J connectivity index is 2.76. The van der Waals surface area contributed by atoms with E-state index in [-0.39, 0.29) is 23.7 Å². The molecular formula is C11H14N2O7S. The second-order valence-electron chi connectivity index (χ2n) is 4.05. The first-order valence-electron chi connectivity index (χ1n) is 5.78. The molecule has 0 aliphatic heterocycles. The lowest BCUT2D eigenvalue weighted by Crippen LogP contribution is -2.28. The molecular weight excluding hydrogens is 304 g/mol. The Morgan fingerprint density at radius 2 is 2.14 bits per heavy atom. The number of carbonyl (C=O) groups is 1. The average Bonchev–Trinajstić information content (AvgIpc) is 2.37. The van der Waals surface area contributed by atoms with Gasteiger partial charge in [0.25, 0.3) is 5.69 Å². The highest BCUT2D eigenvalue weighted by molar-refractivity contribution is 7.89. The van der Waals surface area contributed by atoms with Gasteiger partial charge in [0.1, 0.15) is 6.61 Å². The number of nitro benzene ring substituents is 1. The molecule has 0 fully saturated rings. The van der Waals surface area contributed by atoms with Crippen LogP contribution in [-0.2, 0) is 19.6 Å². The van der Waals surface area contributed by atoms with Gasteiger partial charge in [0.15, 0.2) is 0 Å². The summed E-state index contributed by atoms with van der Waals surface area (Å²) in [5, 5.41) is 19.0. The molecule has 1 rings (SSSR count). The first-order chi connectivity index (χ1) is 9.74. The number of carboxylic acid groups (broad SMARTS) is 1. The zero-order valence-electron chi connectivity index (χ0n) is 11.1. The number of sulfonamides is 1. The topological polar surface area (TPSA) is 136 Å². The molecule has 0 saturated heterocycles. The van der Waals surface area contributed by atoms with Crippen molar-refractivity contribution in [3.8, 4) is 0 Å². The van der Waals surface area contributed by atoms with Crippen molar-refractivity contribution < 1.29 is 28.0 Å². The van der Waals surface area contributed by atoms with E-state index in [0.29, 0.717) is 5.56 Å². The first kappa shape index (κ1) is 17.0. The molecule has 0 unspecified atom stereocenters. The summed E-state index contributed by atoms with van der Waals surface area (Å²) in [6.45, 7) is 0.716. The lowest BCUT2D eigenvalue weighted by molar-refractivity contribution is -0.385. The minimum absolute atomic E-state index is 0.125. The predicted molar refractivity (Wildman–Crippen MR) is 71.5 cm³/mol. The van der Waals surface area contributed by atoms with Crippen LogP contribution in [0.1, 0.15) is 5.56 Å². The molecule has 1 aromatic rings. The standard InChI is InChI=1S/C11H14N2O7S/c1-8-2-3-9(13(16)17)6-10(8)21(18,19)12-4-5-20-7-11(14)15/h2-3,6,12H,4-5,7H2,1H3,(H,14,15). The third-order valence-electron chi connectivity index (χ3n) is 2.44. The smallest absolute Gasteiger partial charge is 0.329 e. The van der Waals surface area contributed by atoms with E-state index < -0.39 is 27.5 Å². The number of hydrogen-bond donors (Lipinski definition) is 2. The Labute approximate surface area is 120 Å². The van der Waals surface area contributed by atoms with Gasteiger partial charge in [0.2, 0.25) is 10.0 Å². The molecule has 21 heavy (non-hydrogen) atoms. The van der Waals surface area contributed by atoms with Crippen molar-refractivity contribution in [2.45, 2.75) is 11.8 Å². The first-order valence-corrected chi connectivity index (χ1v) is 7.26. The van der Waals surface area contributed by atoms with Crippen molar-refractivity contribution in [1.29, 1.82) is 0 Å². The Kier molecular flexibility index (Phi) is 5.76. The Morgan fingerprint density at radius 1 is 1.48 bits per heavy atom. The molecule has 0 saturated carbocycles. The summed E-state index contributed by atoms with van der Waals surface area (Å²) in [7, 11) is -3.93. The van der Waals surface area contributed by atoms with Crippen molar-refractivity contribution >= 4 is 21.7 Å². The number of benzene rings is 1. The van der Waals surface area contributed by atoms with Gasteiger partial charge in [0, 0.05) is 18.7 Å². The lowest BCUT2D eigenvalue weighted by Gasteiger charge is -2.09. The highest BCUT2D eigenvalue weighted by Crippen LogP contribution is 2.21. The van der Waals surface area contributed by atoms with E-state index in [9.17, 15) is 23.3 Å². The van der Waals surface area contributed by atoms with Gasteiger partial charge < -0.3 is 9.84 Å². The van der Waals surface area contributed by atoms with Crippen LogP contribution in [0.2, 0.25) is 0 Å². The van der Waals surface area contributed by atoms with Gasteiger partial charge in [-0.3, -0.25) is 10.1 Å². The van der Waals surface area contributed by atoms with E-state index in [1.54, 1.807) is 0 Å². The van der Waals surface area contributed by atoms with Gasteiger partial charge in [-0.15, -0.1) is 0 Å². The summed E-state index contributed by atoms with van der Waals surface area (Å²) in [5.41, 5.74) is 0.0302. The maximum absolute atomic E-state index is 12.0. The number of ether oxygens (including phenoxy) is 1. The molecule has 0 heterocycles. The van der Waals surface area contributed by atoms with E-state index in [2.05, 4.69) is 9.46 Å². The minimum Gasteiger partial charge on any atom is -0.480 e. The summed E-state index contributed by atoms with van der Waals surface area (Å²) < 4.78 is 30.9. The number of nitrogens with one attached hydrogen (secondary N) is 1. The Morgan fingerprint density at radius 3 is 2.71 bits per heavy atom. The number of aryl methyl sites for hydroxylation is 1. The van der Waals surface area contributed by atoms with Gasteiger partial charge in [-0.25, -0.2) is 17.9 Å². The Hall–Kier alpha value is -2.04. The molecule has 2 N–H and O–H groups in total. The number of nitrogens with zero attached hydrogens (tertiary/aromatic N) is 1. The normalized spacial score (nSPS) is 11.3. The number of aliphatic carboxylic acids is 1. The van der Waals surface area contributed by atoms with Crippen molar-refractivity contribution in [2.24, 2.45) is 0 Å². The highest BCUT2D eigenvalue weighted by atomic mass is 32.2. The molecule has 0 aromatic heterocycles. The zero-order chi connectivity index (χ0) is 16.0. The fraction of sp³-hybridized carbons (Fsp3) is 0.364. The molecule has 0 amide bonds. The van der Waals surface area contributed by atoms with Crippen LogP contribution in [0.3, 0.4) is 0 Å². The number of hydrogen-bond acceptors (Lipinski definition) is 6. The fourth-order valence-corrected chi connectivity index (χ4v) is 2.75. The Bertz CT molecular complexity index is 642. The third-order valence-corrected chi connectivity index (χ3v) is 4.04. The van der Waals surface area contributed by atoms with Crippen molar-refractivity contribution in [2.75, 3.05) is 19.8 Å². The largest absolute Gasteiger partial charge is 0.480 e. The van der Waals surface area contributed by atoms with Crippen LogP contribution in [0.25, 0.3) is 0 Å². The van der Waals surface area contributed by atoms with Crippen molar-refractivity contribution in [3.05, 3.63) is 33.9 Å². The third kappa shape index (κ3) is 5.10. The van der Waals surface area contributed by atoms with E-state index in [1.807, 2.05) is 0 Å². The van der Waals surface area contributed by atoms with Crippen LogP contribution in [0, 0.1) is 17.0 Å². The van der Waals surface area contributed by atoms with Crippen LogP contribution in [0.15, 0.2) is 23.1 Å². The predicted octanol–water partition coefficient (Wildman–Crippen LogP) is 0.283. The molecule has 0 radical (unpaired) electrons. The molecule has 9 nitrogen and oxygen atoms in total. The quantitative estimate of drug-likeness (QED) is 0.399. The zero-order valence-corrected chi connectivity index (χ0v) is 11.9. The highest BCUT2D eigenvalue weighted by Gasteiger charge is 2.20. The molecule has 0 bridgehead atoms. The minimum atomic E-state index is -3.93. The summed E-state index contributed by atoms with van der Waals surface area (Å²) in [5.74, 6) is -1.16. The summed E-state index contributed by atoms with van der Waals surface area (Å²) >= 11 is 0. The van der Waals surface area contributed by atoms with Gasteiger partial charge in [-0.2, -0.15) is 0 Å². The van der Waals surface area contributed by atoms with Crippen LogP contribution in [0.5, 0.6) is 0 Å². The van der Waals surface area contributed by atoms with Crippen LogP contribution >= 0.6 is 0 Å². The van der Waals surface area contributed by atoms with Crippen molar-refractivity contribution in [3.63, 3.8) is 0 Å². The monoisotopic (exact) mass is 318 g/mol. The number of rotatable bonds is 8. The fourth-order valence-electron chi connectivity index (χ4n) is 1.48. The molecule has 10 heteroatoms. The van der Waals surface area contributed by atoms with Crippen molar-refractivity contribution in [1.82, 2.24) is 4.72 Å². The SMILES string of the molecule is Cc1ccc([N+](=O)[O-])cc1S(=O)(=O)NCCOCC(=O)O. The molecule has 0 spiro atoms. The van der Waals surface area contributed by atoms with Gasteiger partial charge in [-0.1, -0.05) is 6.07 Å².